The van der Waals surface area contributed by atoms with Crippen molar-refractivity contribution >= 4 is 11.6 Å². The van der Waals surface area contributed by atoms with Gasteiger partial charge in [0, 0.05) is 24.2 Å². The average molecular weight is 281 g/mol. The highest BCUT2D eigenvalue weighted by Gasteiger charge is 2.22. The lowest BCUT2D eigenvalue weighted by Crippen LogP contribution is -2.34. The molecule has 1 aliphatic rings. The second-order valence-corrected chi connectivity index (χ2v) is 6.28. The molecule has 1 aromatic carbocycles. The minimum atomic E-state index is 0.304. The first kappa shape index (κ1) is 14.8. The Balaban J connectivity index is 2.09. The van der Waals surface area contributed by atoms with Crippen LogP contribution in [0.15, 0.2) is 18.2 Å². The summed E-state index contributed by atoms with van der Waals surface area (Å²) in [6.07, 6.45) is 5.54. The molecule has 1 aliphatic carbocycles. The molecule has 1 aromatic rings. The van der Waals surface area contributed by atoms with Crippen molar-refractivity contribution in [2.45, 2.75) is 38.6 Å². The van der Waals surface area contributed by atoms with Crippen LogP contribution in [0.1, 0.15) is 42.9 Å². The Morgan fingerprint density at radius 1 is 1.37 bits per heavy atom. The van der Waals surface area contributed by atoms with E-state index < -0.39 is 0 Å². The van der Waals surface area contributed by atoms with Gasteiger partial charge in [-0.1, -0.05) is 30.5 Å². The maximum absolute atomic E-state index is 6.04. The van der Waals surface area contributed by atoms with E-state index in [-0.39, 0.29) is 0 Å². The van der Waals surface area contributed by atoms with Gasteiger partial charge in [-0.2, -0.15) is 0 Å². The summed E-state index contributed by atoms with van der Waals surface area (Å²) in [6.45, 7) is 3.93. The summed E-state index contributed by atoms with van der Waals surface area (Å²) in [5.41, 5.74) is 8.56. The standard InChI is InChI=1S/C16H25ClN2/c1-12-9-14(17)7-8-15(12)16(10-18)19(2)11-13-5-3-4-6-13/h7-9,13,16H,3-6,10-11,18H2,1-2H3. The van der Waals surface area contributed by atoms with Crippen LogP contribution >= 0.6 is 11.6 Å². The average Bonchev–Trinajstić information content (AvgIpc) is 2.85. The van der Waals surface area contributed by atoms with Crippen molar-refractivity contribution in [1.82, 2.24) is 4.90 Å². The molecule has 0 bridgehead atoms. The van der Waals surface area contributed by atoms with Crippen LogP contribution < -0.4 is 5.73 Å². The lowest BCUT2D eigenvalue weighted by atomic mass is 9.98. The van der Waals surface area contributed by atoms with Crippen molar-refractivity contribution < 1.29 is 0 Å². The van der Waals surface area contributed by atoms with Gasteiger partial charge in [-0.15, -0.1) is 0 Å². The largest absolute Gasteiger partial charge is 0.329 e. The molecule has 0 aliphatic heterocycles. The fraction of sp³-hybridized carbons (Fsp3) is 0.625. The lowest BCUT2D eigenvalue weighted by molar-refractivity contribution is 0.212. The van der Waals surface area contributed by atoms with Crippen LogP contribution in [0.2, 0.25) is 5.02 Å². The number of likely N-dealkylation sites (N-methyl/N-ethyl adjacent to an activating group) is 1. The molecular weight excluding hydrogens is 256 g/mol. The van der Waals surface area contributed by atoms with E-state index in [1.165, 1.54) is 36.8 Å². The fourth-order valence-corrected chi connectivity index (χ4v) is 3.51. The van der Waals surface area contributed by atoms with E-state index in [0.29, 0.717) is 12.6 Å². The topological polar surface area (TPSA) is 29.3 Å². The van der Waals surface area contributed by atoms with Crippen molar-refractivity contribution in [2.24, 2.45) is 11.7 Å². The number of hydrogen-bond acceptors (Lipinski definition) is 2. The molecule has 106 valence electrons. The van der Waals surface area contributed by atoms with Crippen molar-refractivity contribution in [3.8, 4) is 0 Å². The van der Waals surface area contributed by atoms with Crippen LogP contribution in [0.4, 0.5) is 0 Å². The molecule has 0 radical (unpaired) electrons. The van der Waals surface area contributed by atoms with Gasteiger partial charge in [-0.25, -0.2) is 0 Å². The van der Waals surface area contributed by atoms with Crippen molar-refractivity contribution in [3.05, 3.63) is 34.3 Å². The molecule has 2 N–H and O–H groups in total. The summed E-state index contributed by atoms with van der Waals surface area (Å²) in [6, 6.07) is 6.43. The highest BCUT2D eigenvalue weighted by atomic mass is 35.5. The molecule has 1 saturated carbocycles. The van der Waals surface area contributed by atoms with Crippen molar-refractivity contribution in [1.29, 1.82) is 0 Å². The lowest BCUT2D eigenvalue weighted by Gasteiger charge is -2.30. The molecule has 0 aromatic heterocycles. The van der Waals surface area contributed by atoms with Gasteiger partial charge in [-0.05, 0) is 56.0 Å². The third-order valence-corrected chi connectivity index (χ3v) is 4.60. The maximum Gasteiger partial charge on any atom is 0.0470 e. The number of benzene rings is 1. The van der Waals surface area contributed by atoms with Gasteiger partial charge in [-0.3, -0.25) is 4.90 Å². The molecule has 3 heteroatoms. The quantitative estimate of drug-likeness (QED) is 0.890. The first-order valence-corrected chi connectivity index (χ1v) is 7.66. The van der Waals surface area contributed by atoms with Gasteiger partial charge in [0.1, 0.15) is 0 Å². The third-order valence-electron chi connectivity index (χ3n) is 4.37. The number of nitrogens with zero attached hydrogens (tertiary/aromatic N) is 1. The summed E-state index contributed by atoms with van der Waals surface area (Å²) >= 11 is 6.04. The van der Waals surface area contributed by atoms with E-state index in [2.05, 4.69) is 24.9 Å². The monoisotopic (exact) mass is 280 g/mol. The predicted molar refractivity (Wildman–Crippen MR) is 82.6 cm³/mol. The molecule has 0 heterocycles. The molecule has 0 spiro atoms. The zero-order valence-electron chi connectivity index (χ0n) is 12.0. The Hall–Kier alpha value is -0.570. The van der Waals surface area contributed by atoms with Gasteiger partial charge < -0.3 is 5.73 Å². The Labute approximate surface area is 121 Å². The normalized spacial score (nSPS) is 18.2. The van der Waals surface area contributed by atoms with E-state index in [4.69, 9.17) is 17.3 Å². The molecule has 2 rings (SSSR count). The van der Waals surface area contributed by atoms with Crippen LogP contribution in [0.25, 0.3) is 0 Å². The SMILES string of the molecule is Cc1cc(Cl)ccc1C(CN)N(C)CC1CCCC1. The second-order valence-electron chi connectivity index (χ2n) is 5.84. The zero-order chi connectivity index (χ0) is 13.8. The molecule has 2 nitrogen and oxygen atoms in total. The van der Waals surface area contributed by atoms with Crippen LogP contribution in [0, 0.1) is 12.8 Å². The second kappa shape index (κ2) is 6.74. The van der Waals surface area contributed by atoms with E-state index in [1.807, 2.05) is 12.1 Å². The number of nitrogens with two attached hydrogens (primary N) is 1. The third kappa shape index (κ3) is 3.71. The number of rotatable bonds is 5. The Morgan fingerprint density at radius 3 is 2.63 bits per heavy atom. The van der Waals surface area contributed by atoms with Gasteiger partial charge in [0.15, 0.2) is 0 Å². The number of halogens is 1. The van der Waals surface area contributed by atoms with Crippen molar-refractivity contribution in [3.63, 3.8) is 0 Å². The summed E-state index contributed by atoms with van der Waals surface area (Å²) < 4.78 is 0. The minimum Gasteiger partial charge on any atom is -0.329 e. The molecule has 1 unspecified atom stereocenters. The van der Waals surface area contributed by atoms with Crippen molar-refractivity contribution in [2.75, 3.05) is 20.1 Å². The molecule has 19 heavy (non-hydrogen) atoms. The van der Waals surface area contributed by atoms with Crippen LogP contribution in [0.3, 0.4) is 0 Å². The fourth-order valence-electron chi connectivity index (χ4n) is 3.28. The smallest absolute Gasteiger partial charge is 0.0470 e. The Morgan fingerprint density at radius 2 is 2.05 bits per heavy atom. The highest BCUT2D eigenvalue weighted by molar-refractivity contribution is 6.30. The molecule has 0 amide bonds. The van der Waals surface area contributed by atoms with E-state index in [9.17, 15) is 0 Å². The zero-order valence-corrected chi connectivity index (χ0v) is 12.8. The van der Waals surface area contributed by atoms with E-state index >= 15 is 0 Å². The van der Waals surface area contributed by atoms with Crippen LogP contribution in [0.5, 0.6) is 0 Å². The first-order chi connectivity index (χ1) is 9.11. The summed E-state index contributed by atoms with van der Waals surface area (Å²) in [5, 5.41) is 0.801. The predicted octanol–water partition coefficient (Wildman–Crippen LogP) is 3.77. The van der Waals surface area contributed by atoms with E-state index in [0.717, 1.165) is 17.5 Å². The minimum absolute atomic E-state index is 0.304. The molecule has 1 fully saturated rings. The van der Waals surface area contributed by atoms with Gasteiger partial charge in [0.05, 0.1) is 0 Å². The highest BCUT2D eigenvalue weighted by Crippen LogP contribution is 2.29. The summed E-state index contributed by atoms with van der Waals surface area (Å²) in [4.78, 5) is 2.42. The number of aryl methyl sites for hydroxylation is 1. The Kier molecular flexibility index (Phi) is 5.26. The first-order valence-electron chi connectivity index (χ1n) is 7.28. The number of hydrogen-bond donors (Lipinski definition) is 1. The van der Waals surface area contributed by atoms with Gasteiger partial charge >= 0.3 is 0 Å². The van der Waals surface area contributed by atoms with Crippen LogP contribution in [-0.2, 0) is 0 Å². The summed E-state index contributed by atoms with van der Waals surface area (Å²) in [7, 11) is 2.20. The summed E-state index contributed by atoms with van der Waals surface area (Å²) in [5.74, 6) is 0.853. The van der Waals surface area contributed by atoms with Gasteiger partial charge in [0.2, 0.25) is 0 Å². The maximum atomic E-state index is 6.04. The van der Waals surface area contributed by atoms with Crippen LogP contribution in [-0.4, -0.2) is 25.0 Å². The Bertz CT molecular complexity index is 413. The molecular formula is C16H25ClN2. The van der Waals surface area contributed by atoms with E-state index in [1.54, 1.807) is 0 Å². The molecule has 1 atom stereocenters. The van der Waals surface area contributed by atoms with Gasteiger partial charge in [0.25, 0.3) is 0 Å². The molecule has 0 saturated heterocycles.